The molecule has 0 atom stereocenters. The second kappa shape index (κ2) is 3.91. The van der Waals surface area contributed by atoms with Crippen molar-refractivity contribution in [2.75, 3.05) is 5.73 Å². The van der Waals surface area contributed by atoms with Gasteiger partial charge in [-0.2, -0.15) is 0 Å². The van der Waals surface area contributed by atoms with E-state index in [0.717, 1.165) is 0 Å². The first-order chi connectivity index (χ1) is 6.52. The molecular formula is C8H8F2N2O2. The summed E-state index contributed by atoms with van der Waals surface area (Å²) in [7, 11) is 0. The number of carbonyl (C=O) groups is 1. The fraction of sp³-hybridized carbons (Fsp3) is 0.125. The molecule has 6 heteroatoms. The molecule has 4 nitrogen and oxygen atoms in total. The Labute approximate surface area is 78.4 Å². The molecule has 0 aromatic heterocycles. The molecule has 0 aliphatic carbocycles. The molecule has 0 radical (unpaired) electrons. The van der Waals surface area contributed by atoms with Gasteiger partial charge < -0.3 is 16.2 Å². The standard InChI is InChI=1S/C8H8F2N2O2/c9-6-4(3-14-8(12)13)1-2-5(11)7(6)10/h1-2H,3,11H2,(H2,12,13). The number of hydrogen-bond donors (Lipinski definition) is 2. The second-order valence-electron chi connectivity index (χ2n) is 2.55. The third kappa shape index (κ3) is 2.09. The van der Waals surface area contributed by atoms with Crippen LogP contribution in [0.2, 0.25) is 0 Å². The van der Waals surface area contributed by atoms with Crippen molar-refractivity contribution in [3.8, 4) is 0 Å². The first-order valence-electron chi connectivity index (χ1n) is 3.67. The van der Waals surface area contributed by atoms with E-state index in [1.807, 2.05) is 0 Å². The van der Waals surface area contributed by atoms with Gasteiger partial charge in [0.15, 0.2) is 11.6 Å². The molecule has 0 unspecified atom stereocenters. The minimum absolute atomic E-state index is 0.115. The molecule has 1 aromatic carbocycles. The van der Waals surface area contributed by atoms with Gasteiger partial charge in [-0.15, -0.1) is 0 Å². The van der Waals surface area contributed by atoms with Crippen molar-refractivity contribution in [2.45, 2.75) is 6.61 Å². The summed E-state index contributed by atoms with van der Waals surface area (Å²) >= 11 is 0. The van der Waals surface area contributed by atoms with Gasteiger partial charge >= 0.3 is 6.09 Å². The molecule has 0 aliphatic rings. The van der Waals surface area contributed by atoms with Gasteiger partial charge in [-0.3, -0.25) is 0 Å². The Kier molecular flexibility index (Phi) is 2.85. The Morgan fingerprint density at radius 3 is 2.57 bits per heavy atom. The van der Waals surface area contributed by atoms with Crippen molar-refractivity contribution in [1.29, 1.82) is 0 Å². The predicted molar refractivity (Wildman–Crippen MR) is 45.1 cm³/mol. The second-order valence-corrected chi connectivity index (χ2v) is 2.55. The predicted octanol–water partition coefficient (Wildman–Crippen LogP) is 1.14. The van der Waals surface area contributed by atoms with E-state index >= 15 is 0 Å². The van der Waals surface area contributed by atoms with Crippen LogP contribution in [0.1, 0.15) is 5.56 Å². The normalized spacial score (nSPS) is 9.86. The van der Waals surface area contributed by atoms with Gasteiger partial charge in [0.05, 0.1) is 5.69 Å². The van der Waals surface area contributed by atoms with Crippen molar-refractivity contribution in [3.05, 3.63) is 29.3 Å². The summed E-state index contributed by atoms with van der Waals surface area (Å²) in [6.45, 7) is -0.418. The Morgan fingerprint density at radius 1 is 1.36 bits per heavy atom. The van der Waals surface area contributed by atoms with Gasteiger partial charge in [-0.25, -0.2) is 13.6 Å². The first kappa shape index (κ1) is 10.2. The summed E-state index contributed by atoms with van der Waals surface area (Å²) in [4.78, 5) is 10.2. The average molecular weight is 202 g/mol. The zero-order chi connectivity index (χ0) is 10.7. The topological polar surface area (TPSA) is 78.3 Å². The summed E-state index contributed by atoms with van der Waals surface area (Å²) < 4.78 is 30.2. The number of primary amides is 1. The highest BCUT2D eigenvalue weighted by molar-refractivity contribution is 5.64. The van der Waals surface area contributed by atoms with E-state index in [0.29, 0.717) is 0 Å². The van der Waals surface area contributed by atoms with Crippen LogP contribution in [0.4, 0.5) is 19.3 Å². The third-order valence-corrected chi connectivity index (χ3v) is 1.56. The third-order valence-electron chi connectivity index (χ3n) is 1.56. The van der Waals surface area contributed by atoms with Crippen LogP contribution in [0, 0.1) is 11.6 Å². The Bertz CT molecular complexity index is 369. The average Bonchev–Trinajstić information content (AvgIpc) is 2.13. The smallest absolute Gasteiger partial charge is 0.404 e. The molecule has 0 heterocycles. The van der Waals surface area contributed by atoms with Crippen LogP contribution >= 0.6 is 0 Å². The maximum absolute atomic E-state index is 13.0. The van der Waals surface area contributed by atoms with Gasteiger partial charge in [0.1, 0.15) is 6.61 Å². The van der Waals surface area contributed by atoms with Crippen LogP contribution in [0.25, 0.3) is 0 Å². The van der Waals surface area contributed by atoms with E-state index < -0.39 is 24.3 Å². The van der Waals surface area contributed by atoms with Crippen LogP contribution < -0.4 is 11.5 Å². The van der Waals surface area contributed by atoms with Crippen molar-refractivity contribution < 1.29 is 18.3 Å². The maximum Gasteiger partial charge on any atom is 0.404 e. The number of halogens is 2. The van der Waals surface area contributed by atoms with E-state index in [-0.39, 0.29) is 11.3 Å². The molecule has 0 saturated heterocycles. The summed E-state index contributed by atoms with van der Waals surface area (Å²) in [6, 6.07) is 2.40. The molecule has 1 rings (SSSR count). The maximum atomic E-state index is 13.0. The van der Waals surface area contributed by atoms with E-state index in [9.17, 15) is 13.6 Å². The molecule has 1 aromatic rings. The molecule has 76 valence electrons. The SMILES string of the molecule is NC(=O)OCc1ccc(N)c(F)c1F. The highest BCUT2D eigenvalue weighted by Crippen LogP contribution is 2.18. The highest BCUT2D eigenvalue weighted by Gasteiger charge is 2.12. The van der Waals surface area contributed by atoms with Crippen molar-refractivity contribution >= 4 is 11.8 Å². The number of amides is 1. The van der Waals surface area contributed by atoms with Gasteiger partial charge in [0.25, 0.3) is 0 Å². The molecule has 1 amide bonds. The zero-order valence-electron chi connectivity index (χ0n) is 7.09. The molecular weight excluding hydrogens is 194 g/mol. The largest absolute Gasteiger partial charge is 0.445 e. The zero-order valence-corrected chi connectivity index (χ0v) is 7.09. The number of nitrogen functional groups attached to an aromatic ring is 1. The van der Waals surface area contributed by atoms with E-state index in [2.05, 4.69) is 10.5 Å². The van der Waals surface area contributed by atoms with Gasteiger partial charge in [-0.1, -0.05) is 6.07 Å². The number of rotatable bonds is 2. The minimum Gasteiger partial charge on any atom is -0.445 e. The van der Waals surface area contributed by atoms with Crippen LogP contribution in [0.5, 0.6) is 0 Å². The molecule has 4 N–H and O–H groups in total. The summed E-state index contributed by atoms with van der Waals surface area (Å²) in [6.07, 6.45) is -1.05. The molecule has 14 heavy (non-hydrogen) atoms. The van der Waals surface area contributed by atoms with Crippen molar-refractivity contribution in [1.82, 2.24) is 0 Å². The fourth-order valence-electron chi connectivity index (χ4n) is 0.865. The summed E-state index contributed by atoms with van der Waals surface area (Å²) in [5.41, 5.74) is 9.34. The van der Waals surface area contributed by atoms with Gasteiger partial charge in [-0.05, 0) is 6.07 Å². The lowest BCUT2D eigenvalue weighted by atomic mass is 10.2. The number of carbonyl (C=O) groups excluding carboxylic acids is 1. The Hall–Kier alpha value is -1.85. The highest BCUT2D eigenvalue weighted by atomic mass is 19.2. The quantitative estimate of drug-likeness (QED) is 0.706. The van der Waals surface area contributed by atoms with Crippen molar-refractivity contribution in [2.24, 2.45) is 5.73 Å². The van der Waals surface area contributed by atoms with E-state index in [1.165, 1.54) is 12.1 Å². The van der Waals surface area contributed by atoms with E-state index in [4.69, 9.17) is 5.73 Å². The molecule has 0 saturated carbocycles. The lowest BCUT2D eigenvalue weighted by Gasteiger charge is -2.05. The van der Waals surface area contributed by atoms with Gasteiger partial charge in [0, 0.05) is 5.56 Å². The number of benzene rings is 1. The summed E-state index contributed by atoms with van der Waals surface area (Å²) in [5, 5.41) is 0. The van der Waals surface area contributed by atoms with E-state index in [1.54, 1.807) is 0 Å². The number of anilines is 1. The fourth-order valence-corrected chi connectivity index (χ4v) is 0.865. The molecule has 0 fully saturated rings. The van der Waals surface area contributed by atoms with Gasteiger partial charge in [0.2, 0.25) is 0 Å². The lowest BCUT2D eigenvalue weighted by molar-refractivity contribution is 0.148. The number of hydrogen-bond acceptors (Lipinski definition) is 3. The Balaban J connectivity index is 2.88. The van der Waals surface area contributed by atoms with Crippen molar-refractivity contribution in [3.63, 3.8) is 0 Å². The molecule has 0 bridgehead atoms. The van der Waals surface area contributed by atoms with Crippen LogP contribution in [0.15, 0.2) is 12.1 Å². The first-order valence-corrected chi connectivity index (χ1v) is 3.67. The van der Waals surface area contributed by atoms with Crippen LogP contribution in [0.3, 0.4) is 0 Å². The number of nitrogens with two attached hydrogens (primary N) is 2. The monoisotopic (exact) mass is 202 g/mol. The van der Waals surface area contributed by atoms with Crippen LogP contribution in [-0.4, -0.2) is 6.09 Å². The number of ether oxygens (including phenoxy) is 1. The summed E-state index contributed by atoms with van der Waals surface area (Å²) in [5.74, 6) is -2.29. The van der Waals surface area contributed by atoms with Crippen LogP contribution in [-0.2, 0) is 11.3 Å². The Morgan fingerprint density at radius 2 is 2.00 bits per heavy atom. The molecule has 0 aliphatic heterocycles. The minimum atomic E-state index is -1.16. The molecule has 0 spiro atoms. The lowest BCUT2D eigenvalue weighted by Crippen LogP contribution is -2.13.